The van der Waals surface area contributed by atoms with Crippen molar-refractivity contribution in [2.75, 3.05) is 38.2 Å². The highest BCUT2D eigenvalue weighted by Crippen LogP contribution is 2.24. The van der Waals surface area contributed by atoms with Crippen molar-refractivity contribution in [3.63, 3.8) is 0 Å². The van der Waals surface area contributed by atoms with E-state index in [2.05, 4.69) is 35.2 Å². The van der Waals surface area contributed by atoms with Crippen LogP contribution in [0, 0.1) is 0 Å². The molecule has 3 aromatic carbocycles. The van der Waals surface area contributed by atoms with Crippen molar-refractivity contribution in [2.24, 2.45) is 0 Å². The number of nitrogens with one attached hydrogen (secondary N) is 1. The molecule has 29 heavy (non-hydrogen) atoms. The maximum Gasteiger partial charge on any atom is 0.127 e. The fraction of sp³-hybridized carbons (Fsp3) is 0.250. The molecule has 150 valence electrons. The second kappa shape index (κ2) is 9.21. The number of nitrogens with zero attached hydrogens (tertiary/aromatic N) is 1. The van der Waals surface area contributed by atoms with Gasteiger partial charge in [0.1, 0.15) is 23.8 Å². The number of hydrogen-bond acceptors (Lipinski definition) is 3. The lowest BCUT2D eigenvalue weighted by atomic mass is 10.1. The summed E-state index contributed by atoms with van der Waals surface area (Å²) in [6, 6.07) is 24.2. The molecular weight excluding hydrogens is 384 g/mol. The minimum Gasteiger partial charge on any atom is -0.497 e. The minimum atomic E-state index is 0.712. The molecular formula is C24H26ClN2O2+. The van der Waals surface area contributed by atoms with Gasteiger partial charge in [0.05, 0.1) is 33.3 Å². The van der Waals surface area contributed by atoms with Gasteiger partial charge in [-0.3, -0.25) is 0 Å². The summed E-state index contributed by atoms with van der Waals surface area (Å²) >= 11 is 5.94. The van der Waals surface area contributed by atoms with Crippen molar-refractivity contribution in [3.8, 4) is 17.2 Å². The molecule has 0 unspecified atom stereocenters. The normalized spacial score (nSPS) is 14.6. The van der Waals surface area contributed by atoms with Crippen LogP contribution < -0.4 is 19.3 Å². The van der Waals surface area contributed by atoms with Crippen LogP contribution in [0.15, 0.2) is 72.8 Å². The largest absolute Gasteiger partial charge is 0.497 e. The number of ether oxygens (including phenoxy) is 2. The third-order valence-electron chi connectivity index (χ3n) is 5.31. The molecule has 4 rings (SSSR count). The predicted octanol–water partition coefficient (Wildman–Crippen LogP) is 4.05. The topological polar surface area (TPSA) is 26.1 Å². The summed E-state index contributed by atoms with van der Waals surface area (Å²) < 4.78 is 11.2. The predicted molar refractivity (Wildman–Crippen MR) is 118 cm³/mol. The Morgan fingerprint density at radius 2 is 1.55 bits per heavy atom. The second-order valence-electron chi connectivity index (χ2n) is 7.32. The van der Waals surface area contributed by atoms with Gasteiger partial charge in [0.2, 0.25) is 0 Å². The number of piperazine rings is 1. The van der Waals surface area contributed by atoms with Crippen LogP contribution in [-0.4, -0.2) is 33.3 Å². The van der Waals surface area contributed by atoms with E-state index >= 15 is 0 Å². The third-order valence-corrected chi connectivity index (χ3v) is 5.56. The van der Waals surface area contributed by atoms with Crippen molar-refractivity contribution >= 4 is 17.3 Å². The highest BCUT2D eigenvalue weighted by Gasteiger charge is 2.20. The van der Waals surface area contributed by atoms with Crippen LogP contribution in [0.3, 0.4) is 0 Å². The zero-order valence-corrected chi connectivity index (χ0v) is 17.4. The van der Waals surface area contributed by atoms with E-state index < -0.39 is 0 Å². The summed E-state index contributed by atoms with van der Waals surface area (Å²) in [5.41, 5.74) is 2.56. The van der Waals surface area contributed by atoms with Crippen LogP contribution in [0.25, 0.3) is 0 Å². The number of hydrogen-bond donors (Lipinski definition) is 1. The Morgan fingerprint density at radius 3 is 2.24 bits per heavy atom. The summed E-state index contributed by atoms with van der Waals surface area (Å²) in [4.78, 5) is 4.04. The van der Waals surface area contributed by atoms with Gasteiger partial charge in [0, 0.05) is 16.3 Å². The monoisotopic (exact) mass is 409 g/mol. The number of benzene rings is 3. The van der Waals surface area contributed by atoms with E-state index in [0.29, 0.717) is 5.02 Å². The zero-order chi connectivity index (χ0) is 20.1. The summed E-state index contributed by atoms with van der Waals surface area (Å²) in [6.45, 7) is 5.36. The van der Waals surface area contributed by atoms with E-state index in [0.717, 1.165) is 50.0 Å². The van der Waals surface area contributed by atoms with Gasteiger partial charge in [-0.05, 0) is 60.7 Å². The van der Waals surface area contributed by atoms with Gasteiger partial charge in [-0.15, -0.1) is 0 Å². The maximum atomic E-state index is 5.97. The van der Waals surface area contributed by atoms with Crippen LogP contribution in [0.5, 0.6) is 17.2 Å². The Kier molecular flexibility index (Phi) is 6.23. The molecule has 1 aliphatic heterocycles. The van der Waals surface area contributed by atoms with Crippen molar-refractivity contribution < 1.29 is 14.4 Å². The number of rotatable bonds is 6. The van der Waals surface area contributed by atoms with Crippen LogP contribution in [0.1, 0.15) is 5.56 Å². The minimum absolute atomic E-state index is 0.712. The third kappa shape index (κ3) is 5.22. The molecule has 0 aliphatic carbocycles. The maximum absolute atomic E-state index is 5.97. The van der Waals surface area contributed by atoms with Crippen LogP contribution in [0.4, 0.5) is 5.69 Å². The first-order chi connectivity index (χ1) is 14.2. The highest BCUT2D eigenvalue weighted by atomic mass is 35.5. The number of halogens is 1. The van der Waals surface area contributed by atoms with Gasteiger partial charge < -0.3 is 19.3 Å². The summed E-state index contributed by atoms with van der Waals surface area (Å²) in [6.07, 6.45) is 0. The molecule has 1 saturated heterocycles. The Hall–Kier alpha value is -2.69. The first-order valence-corrected chi connectivity index (χ1v) is 10.3. The van der Waals surface area contributed by atoms with Crippen molar-refractivity contribution in [3.05, 3.63) is 83.4 Å². The molecule has 0 bridgehead atoms. The van der Waals surface area contributed by atoms with Gasteiger partial charge in [-0.1, -0.05) is 23.7 Å². The molecule has 0 atom stereocenters. The molecule has 0 aromatic heterocycles. The van der Waals surface area contributed by atoms with E-state index in [1.54, 1.807) is 12.0 Å². The smallest absolute Gasteiger partial charge is 0.127 e. The highest BCUT2D eigenvalue weighted by molar-refractivity contribution is 6.30. The molecule has 0 radical (unpaired) electrons. The summed E-state index contributed by atoms with van der Waals surface area (Å²) in [5, 5.41) is 0.712. The number of methoxy groups -OCH3 is 1. The molecule has 0 saturated carbocycles. The fourth-order valence-electron chi connectivity index (χ4n) is 3.70. The van der Waals surface area contributed by atoms with Crippen molar-refractivity contribution in [2.45, 2.75) is 6.54 Å². The second-order valence-corrected chi connectivity index (χ2v) is 7.75. The number of quaternary nitrogens is 1. The molecule has 3 aromatic rings. The van der Waals surface area contributed by atoms with Crippen molar-refractivity contribution in [1.82, 2.24) is 0 Å². The lowest BCUT2D eigenvalue weighted by molar-refractivity contribution is -0.914. The summed E-state index contributed by atoms with van der Waals surface area (Å²) in [7, 11) is 1.70. The Bertz CT molecular complexity index is 920. The van der Waals surface area contributed by atoms with E-state index in [4.69, 9.17) is 21.1 Å². The quantitative estimate of drug-likeness (QED) is 0.665. The van der Waals surface area contributed by atoms with Gasteiger partial charge in [-0.25, -0.2) is 0 Å². The molecule has 1 aliphatic rings. The first-order valence-electron chi connectivity index (χ1n) is 9.94. The Labute approximate surface area is 177 Å². The van der Waals surface area contributed by atoms with E-state index in [1.807, 2.05) is 42.5 Å². The van der Waals surface area contributed by atoms with Crippen LogP contribution in [-0.2, 0) is 6.54 Å². The Balaban J connectivity index is 1.32. The van der Waals surface area contributed by atoms with Gasteiger partial charge in [0.15, 0.2) is 0 Å². The average molecular weight is 410 g/mol. The molecule has 1 heterocycles. The summed E-state index contributed by atoms with van der Waals surface area (Å²) in [5.74, 6) is 2.56. The molecule has 5 heteroatoms. The molecule has 1 N–H and O–H groups in total. The lowest BCUT2D eigenvalue weighted by Gasteiger charge is -2.33. The SMILES string of the molecule is COc1ccc(N2CC[NH+](Cc3cccc(Oc4ccc(Cl)cc4)c3)CC2)cc1. The zero-order valence-electron chi connectivity index (χ0n) is 16.6. The number of anilines is 1. The van der Waals surface area contributed by atoms with Crippen LogP contribution >= 0.6 is 11.6 Å². The lowest BCUT2D eigenvalue weighted by Crippen LogP contribution is -3.13. The molecule has 0 spiro atoms. The standard InChI is InChI=1S/C24H25ClN2O2/c1-28-22-11-7-21(8-12-22)27-15-13-26(14-16-27)18-19-3-2-4-24(17-19)29-23-9-5-20(25)6-10-23/h2-12,17H,13-16,18H2,1H3/p+1. The van der Waals surface area contributed by atoms with E-state index in [-0.39, 0.29) is 0 Å². The van der Waals surface area contributed by atoms with E-state index in [9.17, 15) is 0 Å². The molecule has 4 nitrogen and oxygen atoms in total. The molecule has 0 amide bonds. The molecule has 1 fully saturated rings. The fourth-order valence-corrected chi connectivity index (χ4v) is 3.82. The van der Waals surface area contributed by atoms with Gasteiger partial charge in [0.25, 0.3) is 0 Å². The van der Waals surface area contributed by atoms with E-state index in [1.165, 1.54) is 11.3 Å². The van der Waals surface area contributed by atoms with Gasteiger partial charge in [-0.2, -0.15) is 0 Å². The van der Waals surface area contributed by atoms with Gasteiger partial charge >= 0.3 is 0 Å². The Morgan fingerprint density at radius 1 is 0.862 bits per heavy atom. The first kappa shape index (κ1) is 19.6. The van der Waals surface area contributed by atoms with Crippen molar-refractivity contribution in [1.29, 1.82) is 0 Å². The average Bonchev–Trinajstić information content (AvgIpc) is 2.76. The van der Waals surface area contributed by atoms with Crippen LogP contribution in [0.2, 0.25) is 5.02 Å².